The zero-order chi connectivity index (χ0) is 19.3. The van der Waals surface area contributed by atoms with E-state index >= 15 is 0 Å². The van der Waals surface area contributed by atoms with Crippen molar-refractivity contribution in [3.63, 3.8) is 0 Å². The maximum atomic E-state index is 6.40. The topological polar surface area (TPSA) is 31.4 Å². The second kappa shape index (κ2) is 6.72. The number of para-hydroxylation sites is 1. The molecule has 1 aromatic heterocycles. The van der Waals surface area contributed by atoms with Gasteiger partial charge in [0.05, 0.1) is 0 Å². The summed E-state index contributed by atoms with van der Waals surface area (Å²) in [5, 5.41) is 1.15. The predicted molar refractivity (Wildman–Crippen MR) is 105 cm³/mol. The van der Waals surface area contributed by atoms with Gasteiger partial charge < -0.3 is 0 Å². The van der Waals surface area contributed by atoms with Crippen LogP contribution in [0.5, 0.6) is 0 Å². The van der Waals surface area contributed by atoms with Gasteiger partial charge in [0.1, 0.15) is 0 Å². The van der Waals surface area contributed by atoms with Gasteiger partial charge in [-0.1, -0.05) is 0 Å². The summed E-state index contributed by atoms with van der Waals surface area (Å²) in [6, 6.07) is 8.31. The Kier molecular flexibility index (Phi) is 5.04. The number of hydrogen-bond donors (Lipinski definition) is 0. The molecule has 0 fully saturated rings. The standard InChI is InChI=1S/C10H8N.C10H15.2CH3O.Ti/c1-8-6-9-4-2-3-5-10(9)11-7-8;1-7-6-10(4,5)9(3)8(7)2;2*1-2;/h2-5,7H,1H3;1-5H3;2*1H3;/q;;2*-1;+2. The van der Waals surface area contributed by atoms with Crippen LogP contribution < -0.4 is 3.87 Å². The third-order valence-corrected chi connectivity index (χ3v) is 12.7. The third kappa shape index (κ3) is 2.57. The molecule has 1 heterocycles. The zero-order valence-corrected chi connectivity index (χ0v) is 18.7. The monoisotopic (exact) mass is 387 g/mol. The van der Waals surface area contributed by atoms with Gasteiger partial charge in [-0.3, -0.25) is 0 Å². The normalized spacial score (nSPS) is 17.5. The SMILES string of the molecule is C[O][Ti]([O]C)([C]1=C(C)C(C)=C(C)C1(C)C)[c]1c(C)cnc2ccccc12. The maximum absolute atomic E-state index is 6.40. The number of aryl methyl sites for hydroxylation is 1. The van der Waals surface area contributed by atoms with Gasteiger partial charge in [0.2, 0.25) is 0 Å². The van der Waals surface area contributed by atoms with Gasteiger partial charge in [0.15, 0.2) is 0 Å². The molecule has 0 bridgehead atoms. The molecule has 0 atom stereocenters. The first-order chi connectivity index (χ1) is 12.2. The summed E-state index contributed by atoms with van der Waals surface area (Å²) in [5.41, 5.74) is 6.17. The summed E-state index contributed by atoms with van der Waals surface area (Å²) in [4.78, 5) is 4.63. The van der Waals surface area contributed by atoms with E-state index in [4.69, 9.17) is 6.64 Å². The quantitative estimate of drug-likeness (QED) is 0.685. The summed E-state index contributed by atoms with van der Waals surface area (Å²) in [7, 11) is 3.63. The molecular weight excluding hydrogens is 358 g/mol. The molecule has 4 heteroatoms. The average Bonchev–Trinajstić information content (AvgIpc) is 2.79. The Labute approximate surface area is 161 Å². The van der Waals surface area contributed by atoms with Gasteiger partial charge in [0.25, 0.3) is 0 Å². The van der Waals surface area contributed by atoms with Crippen LogP contribution in [0.4, 0.5) is 0 Å². The molecule has 0 N–H and O–H groups in total. The number of rotatable bonds is 4. The Balaban J connectivity index is 2.42. The number of hydrogen-bond acceptors (Lipinski definition) is 3. The van der Waals surface area contributed by atoms with Crippen molar-refractivity contribution < 1.29 is 24.0 Å². The van der Waals surface area contributed by atoms with Crippen molar-refractivity contribution in [1.29, 1.82) is 0 Å². The van der Waals surface area contributed by atoms with Gasteiger partial charge >= 0.3 is 162 Å². The molecule has 0 spiro atoms. The van der Waals surface area contributed by atoms with Crippen LogP contribution >= 0.6 is 0 Å². The first kappa shape index (κ1) is 19.5. The number of pyridine rings is 1. The van der Waals surface area contributed by atoms with Crippen molar-refractivity contribution in [3.05, 3.63) is 56.6 Å². The summed E-state index contributed by atoms with van der Waals surface area (Å²) < 4.78 is 15.4. The summed E-state index contributed by atoms with van der Waals surface area (Å²) in [6.07, 6.45) is 1.96. The van der Waals surface area contributed by atoms with Crippen LogP contribution in [0.1, 0.15) is 40.2 Å². The molecule has 0 aliphatic heterocycles. The fourth-order valence-electron chi connectivity index (χ4n) is 4.55. The van der Waals surface area contributed by atoms with E-state index in [1.54, 1.807) is 0 Å². The molecule has 138 valence electrons. The van der Waals surface area contributed by atoms with Gasteiger partial charge in [-0.25, -0.2) is 0 Å². The Morgan fingerprint density at radius 2 is 1.54 bits per heavy atom. The molecule has 0 saturated carbocycles. The van der Waals surface area contributed by atoms with Crippen LogP contribution in [0.15, 0.2) is 51.1 Å². The van der Waals surface area contributed by atoms with E-state index in [1.165, 1.54) is 24.5 Å². The molecule has 1 aromatic carbocycles. The van der Waals surface area contributed by atoms with Crippen molar-refractivity contribution in [2.24, 2.45) is 5.41 Å². The average molecular weight is 387 g/mol. The van der Waals surface area contributed by atoms with E-state index in [-0.39, 0.29) is 5.41 Å². The Morgan fingerprint density at radius 1 is 0.923 bits per heavy atom. The predicted octanol–water partition coefficient (Wildman–Crippen LogP) is 5.10. The molecule has 0 unspecified atom stereocenters. The van der Waals surface area contributed by atoms with Crippen LogP contribution in [0.3, 0.4) is 0 Å². The number of benzene rings is 1. The van der Waals surface area contributed by atoms with Crippen LogP contribution in [0.25, 0.3) is 10.9 Å². The van der Waals surface area contributed by atoms with E-state index in [9.17, 15) is 0 Å². The molecule has 3 nitrogen and oxygen atoms in total. The van der Waals surface area contributed by atoms with Crippen LogP contribution in [0.2, 0.25) is 0 Å². The number of nitrogens with zero attached hydrogens (tertiary/aromatic N) is 1. The molecule has 0 amide bonds. The van der Waals surface area contributed by atoms with Gasteiger partial charge in [0, 0.05) is 0 Å². The molecule has 1 aliphatic rings. The second-order valence-corrected chi connectivity index (χ2v) is 12.5. The fraction of sp³-hybridized carbons (Fsp3) is 0.409. The molecule has 1 aliphatic carbocycles. The first-order valence-electron chi connectivity index (χ1n) is 9.07. The van der Waals surface area contributed by atoms with Crippen LogP contribution in [0, 0.1) is 12.3 Å². The Morgan fingerprint density at radius 3 is 2.08 bits per heavy atom. The van der Waals surface area contributed by atoms with Crippen LogP contribution in [-0.2, 0) is 24.0 Å². The van der Waals surface area contributed by atoms with Gasteiger partial charge in [-0.05, 0) is 0 Å². The molecule has 2 aromatic rings. The van der Waals surface area contributed by atoms with E-state index in [0.29, 0.717) is 0 Å². The molecule has 0 radical (unpaired) electrons. The zero-order valence-electron chi connectivity index (χ0n) is 17.2. The Bertz CT molecular complexity index is 936. The number of aromatic nitrogens is 1. The summed E-state index contributed by atoms with van der Waals surface area (Å²) >= 11 is -3.55. The second-order valence-electron chi connectivity index (χ2n) is 7.73. The van der Waals surface area contributed by atoms with E-state index in [0.717, 1.165) is 16.5 Å². The van der Waals surface area contributed by atoms with Gasteiger partial charge in [-0.15, -0.1) is 0 Å². The Hall–Kier alpha value is -1.26. The number of fused-ring (bicyclic) bond motifs is 1. The van der Waals surface area contributed by atoms with E-state index in [2.05, 4.69) is 64.7 Å². The number of allylic oxidation sites excluding steroid dienone is 4. The summed E-state index contributed by atoms with van der Waals surface area (Å²) in [5.74, 6) is 0. The molecule has 0 saturated heterocycles. The van der Waals surface area contributed by atoms with Gasteiger partial charge in [-0.2, -0.15) is 0 Å². The van der Waals surface area contributed by atoms with Crippen molar-refractivity contribution in [2.45, 2.75) is 41.5 Å². The molecular formula is C22H29NO2Ti. The minimum absolute atomic E-state index is 0.0724. The van der Waals surface area contributed by atoms with Crippen molar-refractivity contribution in [1.82, 2.24) is 4.98 Å². The van der Waals surface area contributed by atoms with Crippen molar-refractivity contribution in [3.8, 4) is 0 Å². The van der Waals surface area contributed by atoms with E-state index < -0.39 is 17.4 Å². The minimum atomic E-state index is -3.55. The summed E-state index contributed by atoms with van der Waals surface area (Å²) in [6.45, 7) is 13.4. The molecule has 26 heavy (non-hydrogen) atoms. The third-order valence-electron chi connectivity index (χ3n) is 6.26. The molecule has 3 rings (SSSR count). The van der Waals surface area contributed by atoms with Crippen molar-refractivity contribution in [2.75, 3.05) is 14.2 Å². The van der Waals surface area contributed by atoms with Crippen molar-refractivity contribution >= 4 is 14.8 Å². The fourth-order valence-corrected chi connectivity index (χ4v) is 10.9. The van der Waals surface area contributed by atoms with Crippen LogP contribution in [-0.4, -0.2) is 19.2 Å². The first-order valence-corrected chi connectivity index (χ1v) is 11.9. The van der Waals surface area contributed by atoms with E-state index in [1.807, 2.05) is 26.5 Å².